The van der Waals surface area contributed by atoms with E-state index in [1.54, 1.807) is 0 Å². The number of aryl methyl sites for hydroxylation is 3. The van der Waals surface area contributed by atoms with Crippen molar-refractivity contribution in [1.29, 1.82) is 0 Å². The highest BCUT2D eigenvalue weighted by Crippen LogP contribution is 2.35. The molecule has 3 rings (SSSR count). The molecule has 2 heterocycles. The Labute approximate surface area is 148 Å². The number of carbonyl (C=O) groups excluding carboxylic acids is 1. The Hall–Kier alpha value is -2.21. The summed E-state index contributed by atoms with van der Waals surface area (Å²) in [5.41, 5.74) is 4.48. The van der Waals surface area contributed by atoms with Crippen LogP contribution in [0.4, 0.5) is 5.69 Å². The summed E-state index contributed by atoms with van der Waals surface area (Å²) in [6.07, 6.45) is 1.12. The van der Waals surface area contributed by atoms with E-state index in [9.17, 15) is 4.79 Å². The normalized spacial score (nSPS) is 18.8. The fourth-order valence-corrected chi connectivity index (χ4v) is 3.58. The summed E-state index contributed by atoms with van der Waals surface area (Å²) in [4.78, 5) is 19.0. The van der Waals surface area contributed by atoms with Crippen LogP contribution in [0.2, 0.25) is 0 Å². The summed E-state index contributed by atoms with van der Waals surface area (Å²) in [5, 5.41) is 7.22. The number of amides is 1. The van der Waals surface area contributed by atoms with Crippen molar-refractivity contribution < 1.29 is 9.32 Å². The van der Waals surface area contributed by atoms with E-state index in [0.717, 1.165) is 16.8 Å². The summed E-state index contributed by atoms with van der Waals surface area (Å²) < 4.78 is 5.44. The molecule has 6 heteroatoms. The van der Waals surface area contributed by atoms with E-state index in [0.29, 0.717) is 31.1 Å². The van der Waals surface area contributed by atoms with Crippen molar-refractivity contribution in [1.82, 2.24) is 15.5 Å². The summed E-state index contributed by atoms with van der Waals surface area (Å²) in [6, 6.07) is 4.52. The third kappa shape index (κ3) is 3.58. The third-order valence-corrected chi connectivity index (χ3v) is 4.84. The first kappa shape index (κ1) is 17.6. The molecule has 0 spiro atoms. The van der Waals surface area contributed by atoms with Crippen molar-refractivity contribution >= 4 is 11.6 Å². The van der Waals surface area contributed by atoms with Gasteiger partial charge >= 0.3 is 0 Å². The summed E-state index contributed by atoms with van der Waals surface area (Å²) in [5.74, 6) is 1.32. The maximum absolute atomic E-state index is 12.6. The van der Waals surface area contributed by atoms with E-state index < -0.39 is 0 Å². The quantitative estimate of drug-likeness (QED) is 0.904. The monoisotopic (exact) mass is 342 g/mol. The molecular formula is C19H26N4O2. The standard InChI is InChI=1S/C19H26N4O2/c1-11-6-12(2)18(13(3)7-11)23-10-15(9-17(23)24)19-21-16(22-25-19)8-14(4)20-5/h6-7,14-15,20H,8-10H2,1-5H3. The van der Waals surface area contributed by atoms with Crippen LogP contribution < -0.4 is 10.2 Å². The van der Waals surface area contributed by atoms with E-state index in [4.69, 9.17) is 4.52 Å². The number of carbonyl (C=O) groups is 1. The molecule has 1 fully saturated rings. The Morgan fingerprint density at radius 2 is 2.00 bits per heavy atom. The molecule has 1 saturated heterocycles. The van der Waals surface area contributed by atoms with Gasteiger partial charge in [-0.2, -0.15) is 4.98 Å². The molecule has 0 saturated carbocycles. The zero-order valence-electron chi connectivity index (χ0n) is 15.6. The maximum Gasteiger partial charge on any atom is 0.232 e. The van der Waals surface area contributed by atoms with Gasteiger partial charge in [-0.3, -0.25) is 4.79 Å². The molecule has 2 unspecified atom stereocenters. The van der Waals surface area contributed by atoms with Crippen LogP contribution in [0.15, 0.2) is 16.7 Å². The van der Waals surface area contributed by atoms with Crippen molar-refractivity contribution in [2.45, 2.75) is 52.5 Å². The molecule has 134 valence electrons. The Morgan fingerprint density at radius 1 is 1.32 bits per heavy atom. The van der Waals surface area contributed by atoms with E-state index >= 15 is 0 Å². The Morgan fingerprint density at radius 3 is 2.64 bits per heavy atom. The minimum atomic E-state index is -0.0428. The van der Waals surface area contributed by atoms with Crippen molar-refractivity contribution in [2.75, 3.05) is 18.5 Å². The largest absolute Gasteiger partial charge is 0.339 e. The van der Waals surface area contributed by atoms with Crippen LogP contribution in [0.3, 0.4) is 0 Å². The molecule has 2 aromatic rings. The summed E-state index contributed by atoms with van der Waals surface area (Å²) >= 11 is 0. The van der Waals surface area contributed by atoms with Gasteiger partial charge in [-0.1, -0.05) is 22.9 Å². The predicted octanol–water partition coefficient (Wildman–Crippen LogP) is 2.67. The number of aromatic nitrogens is 2. The average Bonchev–Trinajstić information content (AvgIpc) is 3.13. The van der Waals surface area contributed by atoms with Gasteiger partial charge in [0, 0.05) is 31.1 Å². The zero-order valence-corrected chi connectivity index (χ0v) is 15.6. The SMILES string of the molecule is CNC(C)Cc1noc(C2CC(=O)N(c3c(C)cc(C)cc3C)C2)n1. The third-order valence-electron chi connectivity index (χ3n) is 4.84. The van der Waals surface area contributed by atoms with Gasteiger partial charge in [-0.05, 0) is 45.9 Å². The Balaban J connectivity index is 1.79. The molecule has 0 bridgehead atoms. The van der Waals surface area contributed by atoms with Crippen molar-refractivity contribution in [3.05, 3.63) is 40.5 Å². The molecule has 1 aliphatic heterocycles. The topological polar surface area (TPSA) is 71.3 Å². The van der Waals surface area contributed by atoms with E-state index in [1.165, 1.54) is 5.56 Å². The highest BCUT2D eigenvalue weighted by molar-refractivity contribution is 5.97. The second-order valence-corrected chi connectivity index (χ2v) is 7.10. The van der Waals surface area contributed by atoms with Gasteiger partial charge < -0.3 is 14.7 Å². The smallest absolute Gasteiger partial charge is 0.232 e. The molecule has 1 aromatic heterocycles. The molecule has 6 nitrogen and oxygen atoms in total. The van der Waals surface area contributed by atoms with Crippen LogP contribution >= 0.6 is 0 Å². The first-order valence-corrected chi connectivity index (χ1v) is 8.77. The molecule has 0 aliphatic carbocycles. The molecule has 1 aromatic carbocycles. The maximum atomic E-state index is 12.6. The van der Waals surface area contributed by atoms with Crippen LogP contribution in [0, 0.1) is 20.8 Å². The average molecular weight is 342 g/mol. The number of nitrogens with one attached hydrogen (secondary N) is 1. The molecule has 1 aliphatic rings. The van der Waals surface area contributed by atoms with E-state index in [2.05, 4.69) is 55.3 Å². The fraction of sp³-hybridized carbons (Fsp3) is 0.526. The van der Waals surface area contributed by atoms with Crippen molar-refractivity contribution in [2.24, 2.45) is 0 Å². The minimum Gasteiger partial charge on any atom is -0.339 e. The number of benzene rings is 1. The number of anilines is 1. The number of likely N-dealkylation sites (N-methyl/N-ethyl adjacent to an activating group) is 1. The molecular weight excluding hydrogens is 316 g/mol. The lowest BCUT2D eigenvalue weighted by Crippen LogP contribution is -2.26. The molecule has 1 amide bonds. The van der Waals surface area contributed by atoms with Gasteiger partial charge in [-0.15, -0.1) is 0 Å². The Kier molecular flexibility index (Phi) is 4.90. The van der Waals surface area contributed by atoms with Crippen molar-refractivity contribution in [3.8, 4) is 0 Å². The van der Waals surface area contributed by atoms with Crippen molar-refractivity contribution in [3.63, 3.8) is 0 Å². The lowest BCUT2D eigenvalue weighted by atomic mass is 10.0. The van der Waals surface area contributed by atoms with E-state index in [1.807, 2.05) is 11.9 Å². The van der Waals surface area contributed by atoms with Gasteiger partial charge in [-0.25, -0.2) is 0 Å². The molecule has 0 radical (unpaired) electrons. The first-order valence-electron chi connectivity index (χ1n) is 8.77. The minimum absolute atomic E-state index is 0.0428. The predicted molar refractivity (Wildman–Crippen MR) is 96.9 cm³/mol. The number of hydrogen-bond acceptors (Lipinski definition) is 5. The van der Waals surface area contributed by atoms with Crippen LogP contribution in [0.1, 0.15) is 47.7 Å². The Bertz CT molecular complexity index is 760. The number of rotatable bonds is 5. The van der Waals surface area contributed by atoms with Crippen LogP contribution in [-0.2, 0) is 11.2 Å². The summed E-state index contributed by atoms with van der Waals surface area (Å²) in [7, 11) is 1.91. The van der Waals surface area contributed by atoms with Gasteiger partial charge in [0.2, 0.25) is 11.8 Å². The number of nitrogens with zero attached hydrogens (tertiary/aromatic N) is 3. The highest BCUT2D eigenvalue weighted by atomic mass is 16.5. The zero-order chi connectivity index (χ0) is 18.1. The fourth-order valence-electron chi connectivity index (χ4n) is 3.58. The second kappa shape index (κ2) is 6.96. The van der Waals surface area contributed by atoms with Crippen LogP contribution in [-0.4, -0.2) is 35.7 Å². The number of hydrogen-bond donors (Lipinski definition) is 1. The second-order valence-electron chi connectivity index (χ2n) is 7.10. The lowest BCUT2D eigenvalue weighted by molar-refractivity contribution is -0.117. The lowest BCUT2D eigenvalue weighted by Gasteiger charge is -2.21. The van der Waals surface area contributed by atoms with Gasteiger partial charge in [0.05, 0.1) is 5.92 Å². The molecule has 25 heavy (non-hydrogen) atoms. The molecule has 2 atom stereocenters. The van der Waals surface area contributed by atoms with Crippen LogP contribution in [0.5, 0.6) is 0 Å². The first-order chi connectivity index (χ1) is 11.9. The summed E-state index contributed by atoms with van der Waals surface area (Å²) in [6.45, 7) is 8.84. The van der Waals surface area contributed by atoms with Gasteiger partial charge in [0.1, 0.15) is 0 Å². The van der Waals surface area contributed by atoms with E-state index in [-0.39, 0.29) is 17.9 Å². The highest BCUT2D eigenvalue weighted by Gasteiger charge is 2.36. The van der Waals surface area contributed by atoms with Gasteiger partial charge in [0.25, 0.3) is 0 Å². The van der Waals surface area contributed by atoms with Crippen LogP contribution in [0.25, 0.3) is 0 Å². The van der Waals surface area contributed by atoms with Gasteiger partial charge in [0.15, 0.2) is 5.82 Å². The molecule has 1 N–H and O–H groups in total.